The van der Waals surface area contributed by atoms with Crippen LogP contribution in [0.4, 0.5) is 5.69 Å². The standard InChI is InChI=1S/C14H17N3O/c1-2-3-8-14(18)16-12-6-4-7-13(11-12)17-10-5-9-15-17/h4-7,9-11H,2-3,8H2,1H3,(H,16,18). The number of aromatic nitrogens is 2. The maximum Gasteiger partial charge on any atom is 0.224 e. The predicted molar refractivity (Wildman–Crippen MR) is 71.7 cm³/mol. The van der Waals surface area contributed by atoms with E-state index in [-0.39, 0.29) is 5.91 Å². The molecule has 0 unspecified atom stereocenters. The maximum absolute atomic E-state index is 11.6. The molecule has 0 fully saturated rings. The highest BCUT2D eigenvalue weighted by molar-refractivity contribution is 5.90. The lowest BCUT2D eigenvalue weighted by atomic mass is 10.2. The average Bonchev–Trinajstić information content (AvgIpc) is 2.90. The normalized spacial score (nSPS) is 10.3. The highest BCUT2D eigenvalue weighted by Crippen LogP contribution is 2.14. The van der Waals surface area contributed by atoms with E-state index in [0.717, 1.165) is 24.2 Å². The summed E-state index contributed by atoms with van der Waals surface area (Å²) in [6.07, 6.45) is 6.12. The number of nitrogens with zero attached hydrogens (tertiary/aromatic N) is 2. The molecule has 0 spiro atoms. The Bertz CT molecular complexity index is 506. The van der Waals surface area contributed by atoms with Gasteiger partial charge >= 0.3 is 0 Å². The van der Waals surface area contributed by atoms with Crippen LogP contribution in [0, 0.1) is 0 Å². The van der Waals surface area contributed by atoms with Gasteiger partial charge in [-0.3, -0.25) is 4.79 Å². The van der Waals surface area contributed by atoms with E-state index in [4.69, 9.17) is 0 Å². The Morgan fingerprint density at radius 3 is 3.00 bits per heavy atom. The molecule has 1 aromatic heterocycles. The lowest BCUT2D eigenvalue weighted by Gasteiger charge is -2.07. The number of hydrogen-bond acceptors (Lipinski definition) is 2. The quantitative estimate of drug-likeness (QED) is 0.877. The second-order valence-corrected chi connectivity index (χ2v) is 4.15. The van der Waals surface area contributed by atoms with Crippen molar-refractivity contribution in [2.45, 2.75) is 26.2 Å². The first-order valence-corrected chi connectivity index (χ1v) is 6.19. The highest BCUT2D eigenvalue weighted by Gasteiger charge is 2.03. The van der Waals surface area contributed by atoms with Gasteiger partial charge < -0.3 is 5.32 Å². The van der Waals surface area contributed by atoms with Gasteiger partial charge in [0, 0.05) is 24.5 Å². The Kier molecular flexibility index (Phi) is 4.12. The van der Waals surface area contributed by atoms with E-state index in [0.29, 0.717) is 6.42 Å². The van der Waals surface area contributed by atoms with Gasteiger partial charge in [-0.25, -0.2) is 4.68 Å². The van der Waals surface area contributed by atoms with Crippen molar-refractivity contribution in [3.05, 3.63) is 42.7 Å². The number of carbonyl (C=O) groups is 1. The summed E-state index contributed by atoms with van der Waals surface area (Å²) in [4.78, 5) is 11.6. The van der Waals surface area contributed by atoms with Crippen LogP contribution in [0.15, 0.2) is 42.7 Å². The fraction of sp³-hybridized carbons (Fsp3) is 0.286. The number of rotatable bonds is 5. The van der Waals surface area contributed by atoms with E-state index < -0.39 is 0 Å². The summed E-state index contributed by atoms with van der Waals surface area (Å²) in [5.41, 5.74) is 1.75. The van der Waals surface area contributed by atoms with Gasteiger partial charge in [0.1, 0.15) is 0 Å². The molecule has 4 nitrogen and oxygen atoms in total. The number of nitrogens with one attached hydrogen (secondary N) is 1. The average molecular weight is 243 g/mol. The van der Waals surface area contributed by atoms with E-state index >= 15 is 0 Å². The summed E-state index contributed by atoms with van der Waals surface area (Å²) in [6.45, 7) is 2.08. The number of hydrogen-bond donors (Lipinski definition) is 1. The van der Waals surface area contributed by atoms with Crippen LogP contribution in [0.5, 0.6) is 0 Å². The first kappa shape index (κ1) is 12.4. The SMILES string of the molecule is CCCCC(=O)Nc1cccc(-n2cccn2)c1. The van der Waals surface area contributed by atoms with Gasteiger partial charge in [-0.15, -0.1) is 0 Å². The van der Waals surface area contributed by atoms with Crippen LogP contribution in [0.2, 0.25) is 0 Å². The molecule has 0 bridgehead atoms. The number of unbranched alkanes of at least 4 members (excludes halogenated alkanes) is 1. The Balaban J connectivity index is 2.06. The topological polar surface area (TPSA) is 46.9 Å². The van der Waals surface area contributed by atoms with Gasteiger partial charge in [0.25, 0.3) is 0 Å². The minimum atomic E-state index is 0.0643. The van der Waals surface area contributed by atoms with Crippen LogP contribution in [-0.4, -0.2) is 15.7 Å². The van der Waals surface area contributed by atoms with Crippen LogP contribution >= 0.6 is 0 Å². The lowest BCUT2D eigenvalue weighted by Crippen LogP contribution is -2.11. The predicted octanol–water partition coefficient (Wildman–Crippen LogP) is 3.00. The van der Waals surface area contributed by atoms with Gasteiger partial charge in [-0.1, -0.05) is 19.4 Å². The second-order valence-electron chi connectivity index (χ2n) is 4.15. The third kappa shape index (κ3) is 3.20. The van der Waals surface area contributed by atoms with E-state index in [1.54, 1.807) is 10.9 Å². The molecule has 1 heterocycles. The Hall–Kier alpha value is -2.10. The van der Waals surface area contributed by atoms with Gasteiger partial charge in [0.2, 0.25) is 5.91 Å². The van der Waals surface area contributed by atoms with E-state index in [1.165, 1.54) is 0 Å². The van der Waals surface area contributed by atoms with Crippen LogP contribution in [0.1, 0.15) is 26.2 Å². The summed E-state index contributed by atoms with van der Waals surface area (Å²) in [6, 6.07) is 9.53. The smallest absolute Gasteiger partial charge is 0.224 e. The molecule has 0 aliphatic carbocycles. The molecule has 0 saturated heterocycles. The van der Waals surface area contributed by atoms with Crippen molar-refractivity contribution in [1.82, 2.24) is 9.78 Å². The Morgan fingerprint density at radius 1 is 1.39 bits per heavy atom. The van der Waals surface area contributed by atoms with Gasteiger partial charge in [-0.05, 0) is 30.7 Å². The molecular formula is C14H17N3O. The summed E-state index contributed by atoms with van der Waals surface area (Å²) < 4.78 is 1.77. The Morgan fingerprint density at radius 2 is 2.28 bits per heavy atom. The molecule has 2 aromatic rings. The minimum absolute atomic E-state index is 0.0643. The molecule has 2 rings (SSSR count). The lowest BCUT2D eigenvalue weighted by molar-refractivity contribution is -0.116. The molecule has 0 saturated carbocycles. The fourth-order valence-electron chi connectivity index (χ4n) is 1.71. The van der Waals surface area contributed by atoms with Gasteiger partial charge in [-0.2, -0.15) is 5.10 Å². The first-order valence-electron chi connectivity index (χ1n) is 6.19. The molecule has 0 radical (unpaired) electrons. The molecule has 1 N–H and O–H groups in total. The van der Waals surface area contributed by atoms with Crippen LogP contribution in [0.25, 0.3) is 5.69 Å². The molecule has 18 heavy (non-hydrogen) atoms. The first-order chi connectivity index (χ1) is 8.79. The number of amides is 1. The molecule has 1 amide bonds. The van der Waals surface area contributed by atoms with Crippen molar-refractivity contribution in [2.24, 2.45) is 0 Å². The minimum Gasteiger partial charge on any atom is -0.326 e. The summed E-state index contributed by atoms with van der Waals surface area (Å²) in [7, 11) is 0. The van der Waals surface area contributed by atoms with Crippen molar-refractivity contribution in [3.8, 4) is 5.69 Å². The molecule has 0 aliphatic heterocycles. The molecule has 0 atom stereocenters. The molecule has 1 aromatic carbocycles. The highest BCUT2D eigenvalue weighted by atomic mass is 16.1. The summed E-state index contributed by atoms with van der Waals surface area (Å²) >= 11 is 0. The molecular weight excluding hydrogens is 226 g/mol. The fourth-order valence-corrected chi connectivity index (χ4v) is 1.71. The third-order valence-corrected chi connectivity index (χ3v) is 2.66. The number of carbonyl (C=O) groups excluding carboxylic acids is 1. The number of benzene rings is 1. The maximum atomic E-state index is 11.6. The molecule has 4 heteroatoms. The molecule has 0 aliphatic rings. The van der Waals surface area contributed by atoms with Crippen molar-refractivity contribution in [3.63, 3.8) is 0 Å². The van der Waals surface area contributed by atoms with Crippen molar-refractivity contribution < 1.29 is 4.79 Å². The largest absolute Gasteiger partial charge is 0.326 e. The summed E-state index contributed by atoms with van der Waals surface area (Å²) in [5.74, 6) is 0.0643. The summed E-state index contributed by atoms with van der Waals surface area (Å²) in [5, 5.41) is 7.06. The van der Waals surface area contributed by atoms with Crippen LogP contribution < -0.4 is 5.32 Å². The van der Waals surface area contributed by atoms with Crippen LogP contribution in [-0.2, 0) is 4.79 Å². The van der Waals surface area contributed by atoms with Crippen LogP contribution in [0.3, 0.4) is 0 Å². The monoisotopic (exact) mass is 243 g/mol. The van der Waals surface area contributed by atoms with Gasteiger partial charge in [0.15, 0.2) is 0 Å². The van der Waals surface area contributed by atoms with E-state index in [2.05, 4.69) is 17.3 Å². The Labute approximate surface area is 107 Å². The molecule has 94 valence electrons. The zero-order valence-electron chi connectivity index (χ0n) is 10.5. The van der Waals surface area contributed by atoms with E-state index in [9.17, 15) is 4.79 Å². The third-order valence-electron chi connectivity index (χ3n) is 2.66. The van der Waals surface area contributed by atoms with E-state index in [1.807, 2.05) is 36.5 Å². The van der Waals surface area contributed by atoms with Crippen molar-refractivity contribution in [2.75, 3.05) is 5.32 Å². The van der Waals surface area contributed by atoms with Crippen molar-refractivity contribution >= 4 is 11.6 Å². The number of anilines is 1. The van der Waals surface area contributed by atoms with Crippen molar-refractivity contribution in [1.29, 1.82) is 0 Å². The zero-order chi connectivity index (χ0) is 12.8. The second kappa shape index (κ2) is 6.00. The van der Waals surface area contributed by atoms with Gasteiger partial charge in [0.05, 0.1) is 5.69 Å². The zero-order valence-corrected chi connectivity index (χ0v) is 10.5.